The van der Waals surface area contributed by atoms with Gasteiger partial charge in [0, 0.05) is 17.6 Å². The topological polar surface area (TPSA) is 80.3 Å². The van der Waals surface area contributed by atoms with Crippen molar-refractivity contribution in [2.75, 3.05) is 20.8 Å². The molecule has 1 saturated heterocycles. The van der Waals surface area contributed by atoms with E-state index in [0.717, 1.165) is 5.56 Å². The minimum atomic E-state index is -0.561. The molecule has 1 aromatic rings. The van der Waals surface area contributed by atoms with Crippen molar-refractivity contribution in [1.82, 2.24) is 0 Å². The first-order chi connectivity index (χ1) is 12.1. The molecular weight excluding hydrogens is 328 g/mol. The van der Waals surface area contributed by atoms with Crippen molar-refractivity contribution >= 4 is 11.9 Å². The molecule has 1 aromatic carbocycles. The molecule has 0 radical (unpaired) electrons. The van der Waals surface area contributed by atoms with E-state index in [4.69, 9.17) is 18.9 Å². The van der Waals surface area contributed by atoms with Crippen LogP contribution < -0.4 is 0 Å². The Hall–Kier alpha value is -2.22. The van der Waals surface area contributed by atoms with Crippen molar-refractivity contribution in [3.8, 4) is 0 Å². The van der Waals surface area contributed by atoms with Crippen LogP contribution in [-0.4, -0.2) is 51.1 Å². The molecule has 0 unspecified atom stereocenters. The van der Waals surface area contributed by atoms with E-state index in [0.29, 0.717) is 5.57 Å². The van der Waals surface area contributed by atoms with Gasteiger partial charge in [0.15, 0.2) is 6.29 Å². The largest absolute Gasteiger partial charge is 0.467 e. The van der Waals surface area contributed by atoms with Gasteiger partial charge in [0.2, 0.25) is 0 Å². The van der Waals surface area contributed by atoms with E-state index in [2.05, 4.69) is 4.74 Å². The zero-order chi connectivity index (χ0) is 17.8. The number of carbonyl (C=O) groups is 2. The molecule has 3 rings (SSSR count). The van der Waals surface area contributed by atoms with Crippen LogP contribution in [0.5, 0.6) is 0 Å². The molecule has 0 amide bonds. The second-order valence-corrected chi connectivity index (χ2v) is 5.76. The highest BCUT2D eigenvalue weighted by molar-refractivity contribution is 5.88. The van der Waals surface area contributed by atoms with E-state index in [9.17, 15) is 9.59 Å². The number of hydrogen-bond acceptors (Lipinski definition) is 7. The van der Waals surface area contributed by atoms with Gasteiger partial charge in [0.1, 0.15) is 18.8 Å². The Morgan fingerprint density at radius 3 is 2.56 bits per heavy atom. The van der Waals surface area contributed by atoms with Crippen LogP contribution in [0, 0.1) is 0 Å². The Labute approximate surface area is 145 Å². The third kappa shape index (κ3) is 3.89. The molecule has 1 aliphatic heterocycles. The fourth-order valence-corrected chi connectivity index (χ4v) is 2.94. The first-order valence-electron chi connectivity index (χ1n) is 7.95. The smallest absolute Gasteiger partial charge is 0.333 e. The van der Waals surface area contributed by atoms with Crippen molar-refractivity contribution < 1.29 is 33.3 Å². The van der Waals surface area contributed by atoms with Crippen LogP contribution in [0.4, 0.5) is 0 Å². The van der Waals surface area contributed by atoms with Crippen LogP contribution in [0.15, 0.2) is 42.0 Å². The minimum Gasteiger partial charge on any atom is -0.467 e. The molecule has 25 heavy (non-hydrogen) atoms. The number of fused-ring (bicyclic) bond motifs is 1. The number of hydrogen-bond donors (Lipinski definition) is 0. The molecule has 0 spiro atoms. The lowest BCUT2D eigenvalue weighted by Crippen LogP contribution is -2.41. The van der Waals surface area contributed by atoms with Gasteiger partial charge in [0.25, 0.3) is 0 Å². The molecule has 0 saturated carbocycles. The van der Waals surface area contributed by atoms with E-state index in [1.807, 2.05) is 30.3 Å². The number of carbonyl (C=O) groups excluding carboxylic acids is 2. The molecule has 7 heteroatoms. The fourth-order valence-electron chi connectivity index (χ4n) is 2.94. The number of methoxy groups -OCH3 is 2. The zero-order valence-corrected chi connectivity index (χ0v) is 14.0. The summed E-state index contributed by atoms with van der Waals surface area (Å²) in [6, 6.07) is 9.49. The van der Waals surface area contributed by atoms with Crippen LogP contribution in [0.1, 0.15) is 18.3 Å². The summed E-state index contributed by atoms with van der Waals surface area (Å²) in [5.74, 6) is -0.943. The molecule has 0 aromatic heterocycles. The zero-order valence-electron chi connectivity index (χ0n) is 14.0. The molecule has 1 aliphatic carbocycles. The number of benzene rings is 1. The Kier molecular flexibility index (Phi) is 5.47. The summed E-state index contributed by atoms with van der Waals surface area (Å²) in [6.45, 7) is -0.224. The van der Waals surface area contributed by atoms with Gasteiger partial charge in [-0.2, -0.15) is 0 Å². The standard InChI is InChI=1S/C18H20O7/c1-21-15(19)10-23-13-8-12(17(20)22-2)9-14-16(13)25-18(24-14)11-6-4-3-5-7-11/h3-7,9,13-14,16,18H,8,10H2,1-2H3/t13-,14-,16+,18+/m1/s1. The summed E-state index contributed by atoms with van der Waals surface area (Å²) < 4.78 is 27.0. The van der Waals surface area contributed by atoms with E-state index in [1.54, 1.807) is 6.08 Å². The molecule has 2 aliphatic rings. The summed E-state index contributed by atoms with van der Waals surface area (Å²) in [6.07, 6.45) is 0.0113. The second kappa shape index (κ2) is 7.77. The molecule has 7 nitrogen and oxygen atoms in total. The normalized spacial score (nSPS) is 28.0. The maximum atomic E-state index is 11.9. The maximum Gasteiger partial charge on any atom is 0.333 e. The molecular formula is C18H20O7. The highest BCUT2D eigenvalue weighted by atomic mass is 16.7. The number of rotatable bonds is 5. The number of esters is 2. The van der Waals surface area contributed by atoms with E-state index >= 15 is 0 Å². The highest BCUT2D eigenvalue weighted by Gasteiger charge is 2.45. The van der Waals surface area contributed by atoms with Crippen LogP contribution >= 0.6 is 0 Å². The summed E-state index contributed by atoms with van der Waals surface area (Å²) in [5, 5.41) is 0. The number of ether oxygens (including phenoxy) is 5. The van der Waals surface area contributed by atoms with Gasteiger partial charge in [-0.3, -0.25) is 0 Å². The van der Waals surface area contributed by atoms with Crippen molar-refractivity contribution in [3.05, 3.63) is 47.5 Å². The predicted octanol–water partition coefficient (Wildman–Crippen LogP) is 1.53. The minimum absolute atomic E-state index is 0.224. The average molecular weight is 348 g/mol. The predicted molar refractivity (Wildman–Crippen MR) is 85.4 cm³/mol. The van der Waals surface area contributed by atoms with Gasteiger partial charge in [-0.15, -0.1) is 0 Å². The molecule has 1 fully saturated rings. The van der Waals surface area contributed by atoms with Crippen LogP contribution in [-0.2, 0) is 33.3 Å². The summed E-state index contributed by atoms with van der Waals surface area (Å²) >= 11 is 0. The first-order valence-corrected chi connectivity index (χ1v) is 7.95. The quantitative estimate of drug-likeness (QED) is 0.747. The van der Waals surface area contributed by atoms with Gasteiger partial charge >= 0.3 is 11.9 Å². The van der Waals surface area contributed by atoms with Gasteiger partial charge in [0.05, 0.1) is 20.3 Å². The second-order valence-electron chi connectivity index (χ2n) is 5.76. The third-order valence-corrected chi connectivity index (χ3v) is 4.20. The lowest BCUT2D eigenvalue weighted by Gasteiger charge is -2.29. The molecule has 1 heterocycles. The van der Waals surface area contributed by atoms with Crippen LogP contribution in [0.2, 0.25) is 0 Å². The van der Waals surface area contributed by atoms with Crippen molar-refractivity contribution in [2.45, 2.75) is 31.0 Å². The van der Waals surface area contributed by atoms with Crippen LogP contribution in [0.25, 0.3) is 0 Å². The summed E-state index contributed by atoms with van der Waals surface area (Å²) in [5.41, 5.74) is 1.31. The highest BCUT2D eigenvalue weighted by Crippen LogP contribution is 2.39. The Morgan fingerprint density at radius 1 is 1.12 bits per heavy atom. The van der Waals surface area contributed by atoms with E-state index in [-0.39, 0.29) is 13.0 Å². The van der Waals surface area contributed by atoms with Gasteiger partial charge in [-0.1, -0.05) is 30.3 Å². The average Bonchev–Trinajstić information content (AvgIpc) is 3.10. The Balaban J connectivity index is 1.78. The van der Waals surface area contributed by atoms with E-state index < -0.39 is 36.5 Å². The fraction of sp³-hybridized carbons (Fsp3) is 0.444. The first kappa shape index (κ1) is 17.6. The summed E-state index contributed by atoms with van der Waals surface area (Å²) in [7, 11) is 2.61. The van der Waals surface area contributed by atoms with Gasteiger partial charge < -0.3 is 23.7 Å². The SMILES string of the molecule is COC(=O)CO[C@@H]1CC(C(=O)OC)=C[C@H]2O[C@H](c3ccccc3)O[C@H]21. The van der Waals surface area contributed by atoms with Crippen molar-refractivity contribution in [3.63, 3.8) is 0 Å². The monoisotopic (exact) mass is 348 g/mol. The van der Waals surface area contributed by atoms with Gasteiger partial charge in [-0.25, -0.2) is 9.59 Å². The van der Waals surface area contributed by atoms with Crippen molar-refractivity contribution in [2.24, 2.45) is 0 Å². The van der Waals surface area contributed by atoms with Crippen molar-refractivity contribution in [1.29, 1.82) is 0 Å². The van der Waals surface area contributed by atoms with E-state index in [1.165, 1.54) is 14.2 Å². The summed E-state index contributed by atoms with van der Waals surface area (Å²) in [4.78, 5) is 23.3. The lowest BCUT2D eigenvalue weighted by molar-refractivity contribution is -0.152. The van der Waals surface area contributed by atoms with Gasteiger partial charge in [-0.05, 0) is 6.08 Å². The lowest BCUT2D eigenvalue weighted by atomic mass is 9.92. The molecule has 0 N–H and O–H groups in total. The Morgan fingerprint density at radius 2 is 1.88 bits per heavy atom. The Bertz CT molecular complexity index is 655. The van der Waals surface area contributed by atoms with Crippen LogP contribution in [0.3, 0.4) is 0 Å². The molecule has 134 valence electrons. The maximum absolute atomic E-state index is 11.9. The third-order valence-electron chi connectivity index (χ3n) is 4.20. The molecule has 0 bridgehead atoms. The molecule has 4 atom stereocenters.